The summed E-state index contributed by atoms with van der Waals surface area (Å²) < 4.78 is 22.2. The summed E-state index contributed by atoms with van der Waals surface area (Å²) in [6.45, 7) is 4.43. The van der Waals surface area contributed by atoms with Gasteiger partial charge in [0.15, 0.2) is 11.5 Å². The maximum Gasteiger partial charge on any atom is 0.203 e. The minimum Gasteiger partial charge on any atom is -0.493 e. The lowest BCUT2D eigenvalue weighted by Crippen LogP contribution is -1.95. The van der Waals surface area contributed by atoms with Gasteiger partial charge in [0.25, 0.3) is 0 Å². The number of furan rings is 1. The zero-order chi connectivity index (χ0) is 24.3. The van der Waals surface area contributed by atoms with E-state index in [0.29, 0.717) is 23.2 Å². The van der Waals surface area contributed by atoms with Gasteiger partial charge in [0.05, 0.1) is 21.3 Å². The maximum absolute atomic E-state index is 6.01. The Kier molecular flexibility index (Phi) is 9.45. The minimum atomic E-state index is 0.403. The zero-order valence-electron chi connectivity index (χ0n) is 21.0. The van der Waals surface area contributed by atoms with E-state index in [9.17, 15) is 0 Å². The van der Waals surface area contributed by atoms with Gasteiger partial charge in [-0.2, -0.15) is 0 Å². The first-order chi connectivity index (χ1) is 16.5. The van der Waals surface area contributed by atoms with E-state index in [0.717, 1.165) is 42.6 Å². The summed E-state index contributed by atoms with van der Waals surface area (Å²) in [5.41, 5.74) is 3.37. The van der Waals surface area contributed by atoms with Crippen LogP contribution in [0, 0.1) is 0 Å². The van der Waals surface area contributed by atoms with Crippen LogP contribution in [-0.2, 0) is 0 Å². The Hall–Kier alpha value is -3.40. The molecule has 0 bridgehead atoms. The van der Waals surface area contributed by atoms with Gasteiger partial charge in [0.2, 0.25) is 5.75 Å². The SMILES string of the molecule is COc1cc(/C=C\CC/C=C/C=C(\C)CCC(C)c2cc3ccccc3o2)cc(OC)c1OC. The van der Waals surface area contributed by atoms with Crippen molar-refractivity contribution in [1.29, 1.82) is 0 Å². The van der Waals surface area contributed by atoms with Crippen LogP contribution in [0.15, 0.2) is 76.8 Å². The molecule has 180 valence electrons. The van der Waals surface area contributed by atoms with Gasteiger partial charge in [0, 0.05) is 11.3 Å². The lowest BCUT2D eigenvalue weighted by Gasteiger charge is -2.12. The molecule has 0 amide bonds. The molecule has 0 aliphatic heterocycles. The molecule has 1 unspecified atom stereocenters. The second-order valence-corrected chi connectivity index (χ2v) is 8.51. The molecule has 34 heavy (non-hydrogen) atoms. The van der Waals surface area contributed by atoms with Crippen molar-refractivity contribution in [2.24, 2.45) is 0 Å². The molecule has 4 heteroatoms. The average Bonchev–Trinajstić information content (AvgIpc) is 3.30. The minimum absolute atomic E-state index is 0.403. The topological polar surface area (TPSA) is 40.8 Å². The second-order valence-electron chi connectivity index (χ2n) is 8.51. The Morgan fingerprint density at radius 2 is 1.65 bits per heavy atom. The molecule has 0 radical (unpaired) electrons. The molecular formula is C30H36O4. The first-order valence-corrected chi connectivity index (χ1v) is 11.8. The summed E-state index contributed by atoms with van der Waals surface area (Å²) in [5, 5.41) is 1.18. The van der Waals surface area contributed by atoms with E-state index < -0.39 is 0 Å². The maximum atomic E-state index is 6.01. The zero-order valence-corrected chi connectivity index (χ0v) is 21.0. The van der Waals surface area contributed by atoms with E-state index in [1.165, 1.54) is 11.0 Å². The van der Waals surface area contributed by atoms with E-state index >= 15 is 0 Å². The molecule has 4 nitrogen and oxygen atoms in total. The standard InChI is InChI=1S/C30H36O4/c1-22(17-18-23(2)27-21-25-15-11-12-16-26(25)34-27)13-9-7-6-8-10-14-24-19-28(31-3)30(33-5)29(20-24)32-4/h7,9-16,19-21,23H,6,8,17-18H2,1-5H3/b9-7+,14-10-,22-13+. The molecule has 1 heterocycles. The highest BCUT2D eigenvalue weighted by molar-refractivity contribution is 5.77. The van der Waals surface area contributed by atoms with Crippen molar-refractivity contribution in [1.82, 2.24) is 0 Å². The van der Waals surface area contributed by atoms with Crippen molar-refractivity contribution in [2.75, 3.05) is 21.3 Å². The molecule has 1 atom stereocenters. The van der Waals surface area contributed by atoms with Gasteiger partial charge in [-0.25, -0.2) is 0 Å². The van der Waals surface area contributed by atoms with Gasteiger partial charge < -0.3 is 18.6 Å². The van der Waals surface area contributed by atoms with Crippen LogP contribution in [0.3, 0.4) is 0 Å². The molecule has 2 aromatic carbocycles. The van der Waals surface area contributed by atoms with Crippen LogP contribution >= 0.6 is 0 Å². The van der Waals surface area contributed by atoms with Gasteiger partial charge in [-0.3, -0.25) is 0 Å². The summed E-state index contributed by atoms with van der Waals surface area (Å²) in [6, 6.07) is 14.3. The molecule has 0 aliphatic carbocycles. The summed E-state index contributed by atoms with van der Waals surface area (Å²) in [6.07, 6.45) is 14.9. The molecule has 0 fully saturated rings. The number of allylic oxidation sites excluding steroid dienone is 5. The Bertz CT molecular complexity index is 1090. The molecule has 0 saturated heterocycles. The molecule has 0 N–H and O–H groups in total. The van der Waals surface area contributed by atoms with Gasteiger partial charge in [0.1, 0.15) is 11.3 Å². The van der Waals surface area contributed by atoms with E-state index in [4.69, 9.17) is 18.6 Å². The van der Waals surface area contributed by atoms with Crippen molar-refractivity contribution in [3.8, 4) is 17.2 Å². The highest BCUT2D eigenvalue weighted by atomic mass is 16.5. The fraction of sp³-hybridized carbons (Fsp3) is 0.333. The number of hydrogen-bond donors (Lipinski definition) is 0. The molecule has 1 aromatic heterocycles. The smallest absolute Gasteiger partial charge is 0.203 e. The summed E-state index contributed by atoms with van der Waals surface area (Å²) >= 11 is 0. The number of methoxy groups -OCH3 is 3. The average molecular weight is 461 g/mol. The molecule has 0 aliphatic rings. The number of unbranched alkanes of at least 4 members (excludes halogenated alkanes) is 1. The normalized spacial score (nSPS) is 13.1. The molecule has 0 saturated carbocycles. The Morgan fingerprint density at radius 3 is 2.32 bits per heavy atom. The molecule has 3 rings (SSSR count). The quantitative estimate of drug-likeness (QED) is 0.201. The first kappa shape index (κ1) is 25.2. The third-order valence-electron chi connectivity index (χ3n) is 5.92. The van der Waals surface area contributed by atoms with E-state index in [-0.39, 0.29) is 0 Å². The summed E-state index contributed by atoms with van der Waals surface area (Å²) in [7, 11) is 4.87. The summed E-state index contributed by atoms with van der Waals surface area (Å²) in [4.78, 5) is 0. The number of fused-ring (bicyclic) bond motifs is 1. The highest BCUT2D eigenvalue weighted by Crippen LogP contribution is 2.38. The lowest BCUT2D eigenvalue weighted by molar-refractivity contribution is 0.324. The Balaban J connectivity index is 1.43. The van der Waals surface area contributed by atoms with E-state index in [1.807, 2.05) is 24.3 Å². The van der Waals surface area contributed by atoms with Gasteiger partial charge in [-0.1, -0.05) is 61.1 Å². The Morgan fingerprint density at radius 1 is 0.941 bits per heavy atom. The molecular weight excluding hydrogens is 424 g/mol. The van der Waals surface area contributed by atoms with Gasteiger partial charge in [-0.15, -0.1) is 0 Å². The van der Waals surface area contributed by atoms with Crippen molar-refractivity contribution in [2.45, 2.75) is 45.4 Å². The third-order valence-corrected chi connectivity index (χ3v) is 5.92. The van der Waals surface area contributed by atoms with Crippen molar-refractivity contribution in [3.63, 3.8) is 0 Å². The Labute approximate surface area is 203 Å². The first-order valence-electron chi connectivity index (χ1n) is 11.8. The third kappa shape index (κ3) is 6.80. The summed E-state index contributed by atoms with van der Waals surface area (Å²) in [5.74, 6) is 3.41. The number of hydrogen-bond acceptors (Lipinski definition) is 4. The largest absolute Gasteiger partial charge is 0.493 e. The van der Waals surface area contributed by atoms with E-state index in [2.05, 4.69) is 62.4 Å². The number of rotatable bonds is 12. The van der Waals surface area contributed by atoms with Gasteiger partial charge >= 0.3 is 0 Å². The predicted octanol–water partition coefficient (Wildman–Crippen LogP) is 8.34. The van der Waals surface area contributed by atoms with Crippen LogP contribution in [0.25, 0.3) is 17.0 Å². The fourth-order valence-corrected chi connectivity index (χ4v) is 3.85. The van der Waals surface area contributed by atoms with Crippen LogP contribution < -0.4 is 14.2 Å². The molecule has 0 spiro atoms. The second kappa shape index (κ2) is 12.7. The van der Waals surface area contributed by atoms with Crippen molar-refractivity contribution >= 4 is 17.0 Å². The van der Waals surface area contributed by atoms with Crippen molar-refractivity contribution < 1.29 is 18.6 Å². The number of ether oxygens (including phenoxy) is 3. The predicted molar refractivity (Wildman–Crippen MR) is 141 cm³/mol. The molecule has 3 aromatic rings. The lowest BCUT2D eigenvalue weighted by atomic mass is 9.99. The van der Waals surface area contributed by atoms with Crippen LogP contribution in [0.1, 0.15) is 56.8 Å². The van der Waals surface area contributed by atoms with Crippen LogP contribution in [0.2, 0.25) is 0 Å². The monoisotopic (exact) mass is 460 g/mol. The van der Waals surface area contributed by atoms with Crippen LogP contribution in [0.4, 0.5) is 0 Å². The number of benzene rings is 2. The number of para-hydroxylation sites is 1. The highest BCUT2D eigenvalue weighted by Gasteiger charge is 2.12. The van der Waals surface area contributed by atoms with E-state index in [1.54, 1.807) is 21.3 Å². The van der Waals surface area contributed by atoms with Crippen LogP contribution in [-0.4, -0.2) is 21.3 Å². The van der Waals surface area contributed by atoms with Crippen LogP contribution in [0.5, 0.6) is 17.2 Å². The van der Waals surface area contributed by atoms with Crippen molar-refractivity contribution in [3.05, 3.63) is 83.7 Å². The fourth-order valence-electron chi connectivity index (χ4n) is 3.85. The van der Waals surface area contributed by atoms with Gasteiger partial charge in [-0.05, 0) is 62.4 Å².